The number of carbonyl (C=O) groups excluding carboxylic acids is 1. The highest BCUT2D eigenvalue weighted by Gasteiger charge is 2.60. The van der Waals surface area contributed by atoms with Gasteiger partial charge in [0.1, 0.15) is 0 Å². The van der Waals surface area contributed by atoms with Gasteiger partial charge in [0, 0.05) is 16.7 Å². The van der Waals surface area contributed by atoms with Crippen LogP contribution in [0, 0.1) is 18.4 Å². The van der Waals surface area contributed by atoms with E-state index in [0.717, 1.165) is 20.9 Å². The summed E-state index contributed by atoms with van der Waals surface area (Å²) in [6.07, 6.45) is 5.81. The van der Waals surface area contributed by atoms with E-state index in [9.17, 15) is 4.79 Å². The summed E-state index contributed by atoms with van der Waals surface area (Å²) in [5.74, 6) is 1.59. The van der Waals surface area contributed by atoms with E-state index in [4.69, 9.17) is 6.57 Å². The van der Waals surface area contributed by atoms with Crippen LogP contribution in [0.2, 0.25) is 0 Å². The molecule has 4 heteroatoms. The highest BCUT2D eigenvalue weighted by Crippen LogP contribution is 2.58. The number of carbonyl (C=O) groups is 1. The van der Waals surface area contributed by atoms with Crippen molar-refractivity contribution < 1.29 is 4.79 Å². The second kappa shape index (κ2) is 5.15. The Morgan fingerprint density at radius 1 is 1.33 bits per heavy atom. The Morgan fingerprint density at radius 3 is 2.83 bits per heavy atom. The van der Waals surface area contributed by atoms with Crippen molar-refractivity contribution in [2.24, 2.45) is 11.8 Å². The molecule has 1 aliphatic carbocycles. The van der Waals surface area contributed by atoms with Gasteiger partial charge in [-0.2, -0.15) is 0 Å². The molecule has 3 saturated heterocycles. The van der Waals surface area contributed by atoms with Gasteiger partial charge in [-0.1, -0.05) is 18.2 Å². The van der Waals surface area contributed by atoms with Crippen molar-refractivity contribution >= 4 is 32.9 Å². The van der Waals surface area contributed by atoms with Gasteiger partial charge in [0.15, 0.2) is 5.78 Å². The van der Waals surface area contributed by atoms with Gasteiger partial charge in [-0.25, -0.2) is 4.85 Å². The molecule has 1 saturated carbocycles. The number of nitrogens with zero attached hydrogens (tertiary/aromatic N) is 2. The fraction of sp³-hybridized carbons (Fsp3) is 0.500. The van der Waals surface area contributed by atoms with Crippen LogP contribution in [-0.2, 0) is 0 Å². The maximum absolute atomic E-state index is 13.0. The molecule has 1 atom stereocenters. The monoisotopic (exact) mass is 336 g/mol. The van der Waals surface area contributed by atoms with Gasteiger partial charge in [-0.05, 0) is 62.1 Å². The Bertz CT molecular complexity index is 865. The van der Waals surface area contributed by atoms with Gasteiger partial charge in [-0.15, -0.1) is 11.3 Å². The summed E-state index contributed by atoms with van der Waals surface area (Å²) in [5, 5.41) is 1.03. The highest BCUT2D eigenvalue weighted by molar-refractivity contribution is 7.21. The zero-order valence-electron chi connectivity index (χ0n) is 13.6. The third kappa shape index (κ3) is 2.01. The quantitative estimate of drug-likeness (QED) is 0.588. The van der Waals surface area contributed by atoms with Crippen molar-refractivity contribution in [1.82, 2.24) is 4.90 Å². The van der Waals surface area contributed by atoms with Gasteiger partial charge in [0.25, 0.3) is 0 Å². The van der Waals surface area contributed by atoms with Gasteiger partial charge in [0.05, 0.1) is 11.4 Å². The molecule has 0 N–H and O–H groups in total. The van der Waals surface area contributed by atoms with Crippen LogP contribution >= 0.6 is 11.3 Å². The molecule has 3 aliphatic heterocycles. The largest absolute Gasteiger partial charge is 0.297 e. The van der Waals surface area contributed by atoms with Crippen molar-refractivity contribution in [2.45, 2.75) is 37.6 Å². The molecule has 0 amide bonds. The Balaban J connectivity index is 1.44. The smallest absolute Gasteiger partial charge is 0.204 e. The summed E-state index contributed by atoms with van der Waals surface area (Å²) < 4.78 is 0.964. The molecule has 4 aliphatic rings. The lowest BCUT2D eigenvalue weighted by molar-refractivity contribution is -0.0273. The number of ketones is 1. The standard InChI is InChI=1S/C20H20N2OS/c1-21-16-4-2-3-14-11-18(24-19(14)16)17(23)12-15-13-5-9-22(10-6-13)20(15)7-8-20/h2-4,11,13,15H,5-10,12H2/t15-/m1/s1. The first kappa shape index (κ1) is 14.6. The molecular weight excluding hydrogens is 316 g/mol. The van der Waals surface area contributed by atoms with Crippen LogP contribution in [0.5, 0.6) is 0 Å². The van der Waals surface area contributed by atoms with E-state index in [2.05, 4.69) is 9.74 Å². The first-order valence-corrected chi connectivity index (χ1v) is 9.71. The molecule has 6 rings (SSSR count). The van der Waals surface area contributed by atoms with E-state index in [1.165, 1.54) is 50.1 Å². The molecule has 1 aromatic heterocycles. The molecule has 4 heterocycles. The van der Waals surface area contributed by atoms with E-state index in [1.54, 1.807) is 0 Å². The molecule has 122 valence electrons. The first-order valence-electron chi connectivity index (χ1n) is 8.89. The predicted octanol–water partition coefficient (Wildman–Crippen LogP) is 4.90. The molecule has 0 unspecified atom stereocenters. The molecule has 4 fully saturated rings. The average Bonchev–Trinajstić information content (AvgIpc) is 3.26. The molecule has 1 spiro atoms. The lowest BCUT2D eigenvalue weighted by Crippen LogP contribution is -2.57. The molecule has 3 nitrogen and oxygen atoms in total. The van der Waals surface area contributed by atoms with Crippen LogP contribution < -0.4 is 0 Å². The van der Waals surface area contributed by atoms with Gasteiger partial charge >= 0.3 is 0 Å². The fourth-order valence-corrected chi connectivity index (χ4v) is 6.23. The maximum atomic E-state index is 13.0. The van der Waals surface area contributed by atoms with Crippen LogP contribution in [0.1, 0.15) is 41.8 Å². The van der Waals surface area contributed by atoms with Crippen molar-refractivity contribution in [3.8, 4) is 0 Å². The number of thiophene rings is 1. The van der Waals surface area contributed by atoms with E-state index in [0.29, 0.717) is 23.6 Å². The Kier molecular flexibility index (Phi) is 3.14. The molecular formula is C20H20N2OS. The number of fused-ring (bicyclic) bond motifs is 3. The van der Waals surface area contributed by atoms with Crippen molar-refractivity contribution in [3.63, 3.8) is 0 Å². The number of piperidine rings is 3. The maximum Gasteiger partial charge on any atom is 0.204 e. The molecule has 0 radical (unpaired) electrons. The van der Waals surface area contributed by atoms with E-state index < -0.39 is 0 Å². The number of hydrogen-bond acceptors (Lipinski definition) is 3. The Labute approximate surface area is 146 Å². The average molecular weight is 336 g/mol. The van der Waals surface area contributed by atoms with Crippen LogP contribution in [0.15, 0.2) is 24.3 Å². The molecule has 24 heavy (non-hydrogen) atoms. The number of Topliss-reactive ketones (excluding diaryl/α,β-unsaturated/α-hetero) is 1. The third-order valence-corrected chi connectivity index (χ3v) is 7.73. The zero-order chi connectivity index (χ0) is 16.3. The lowest BCUT2D eigenvalue weighted by Gasteiger charge is -2.52. The van der Waals surface area contributed by atoms with Gasteiger partial charge in [-0.3, -0.25) is 9.69 Å². The summed E-state index contributed by atoms with van der Waals surface area (Å²) in [5.41, 5.74) is 1.04. The second-order valence-corrected chi connectivity index (χ2v) is 8.63. The van der Waals surface area contributed by atoms with Gasteiger partial charge in [0.2, 0.25) is 5.69 Å². The minimum Gasteiger partial charge on any atom is -0.297 e. The predicted molar refractivity (Wildman–Crippen MR) is 96.8 cm³/mol. The summed E-state index contributed by atoms with van der Waals surface area (Å²) in [6.45, 7) is 9.79. The lowest BCUT2D eigenvalue weighted by atomic mass is 9.70. The minimum absolute atomic E-state index is 0.289. The van der Waals surface area contributed by atoms with Gasteiger partial charge < -0.3 is 0 Å². The summed E-state index contributed by atoms with van der Waals surface area (Å²) in [4.78, 5) is 20.1. The normalized spacial score (nSPS) is 29.7. The topological polar surface area (TPSA) is 24.7 Å². The zero-order valence-corrected chi connectivity index (χ0v) is 14.4. The first-order chi connectivity index (χ1) is 11.7. The summed E-state index contributed by atoms with van der Waals surface area (Å²) >= 11 is 1.51. The third-order valence-electron chi connectivity index (χ3n) is 6.51. The van der Waals surface area contributed by atoms with E-state index >= 15 is 0 Å². The van der Waals surface area contributed by atoms with Crippen molar-refractivity contribution in [2.75, 3.05) is 13.1 Å². The summed E-state index contributed by atoms with van der Waals surface area (Å²) in [6, 6.07) is 7.75. The molecule has 1 aromatic carbocycles. The number of rotatable bonds is 3. The SMILES string of the molecule is [C-]#[N+]c1cccc2cc(C(=O)C[C@@H]3C4CCN(CC4)C34CC4)sc12. The molecule has 2 bridgehead atoms. The van der Waals surface area contributed by atoms with E-state index in [1.807, 2.05) is 24.3 Å². The second-order valence-electron chi connectivity index (χ2n) is 7.58. The van der Waals surface area contributed by atoms with Crippen LogP contribution in [-0.4, -0.2) is 29.3 Å². The fourth-order valence-electron chi connectivity index (χ4n) is 5.17. The minimum atomic E-state index is 0.289. The number of benzene rings is 1. The summed E-state index contributed by atoms with van der Waals surface area (Å²) in [7, 11) is 0. The van der Waals surface area contributed by atoms with Crippen molar-refractivity contribution in [3.05, 3.63) is 40.6 Å². The van der Waals surface area contributed by atoms with Crippen LogP contribution in [0.25, 0.3) is 14.9 Å². The van der Waals surface area contributed by atoms with Crippen LogP contribution in [0.3, 0.4) is 0 Å². The molecule has 2 aromatic rings. The Morgan fingerprint density at radius 2 is 2.12 bits per heavy atom. The number of hydrogen-bond donors (Lipinski definition) is 0. The van der Waals surface area contributed by atoms with E-state index in [-0.39, 0.29) is 5.78 Å². The Hall–Kier alpha value is -1.70. The van der Waals surface area contributed by atoms with Crippen molar-refractivity contribution in [1.29, 1.82) is 0 Å². The highest BCUT2D eigenvalue weighted by atomic mass is 32.1. The van der Waals surface area contributed by atoms with Crippen LogP contribution in [0.4, 0.5) is 5.69 Å².